The smallest absolute Gasteiger partial charge is 0.242 e. The van der Waals surface area contributed by atoms with E-state index in [0.29, 0.717) is 0 Å². The van der Waals surface area contributed by atoms with Gasteiger partial charge >= 0.3 is 0 Å². The van der Waals surface area contributed by atoms with Crippen molar-refractivity contribution in [3.05, 3.63) is 29.8 Å². The lowest BCUT2D eigenvalue weighted by Crippen LogP contribution is -2.41. The number of aryl methyl sites for hydroxylation is 1. The standard InChI is InChI=1S/C25H45N3O/c1-2-3-4-5-6-7-8-9-10-11-12-13-14-15-16-22-17-19-23(20-18-22)28-25(29)24(27)21-26/h17-20,24H,2-16,21,26-27H2,1H3,(H,28,29)/t24-/m0/s1. The van der Waals surface area contributed by atoms with Gasteiger partial charge < -0.3 is 16.8 Å². The summed E-state index contributed by atoms with van der Waals surface area (Å²) < 4.78 is 0. The summed E-state index contributed by atoms with van der Waals surface area (Å²) in [6.45, 7) is 2.44. The van der Waals surface area contributed by atoms with E-state index in [0.717, 1.165) is 12.1 Å². The molecule has 1 atom stereocenters. The molecule has 1 aromatic carbocycles. The second kappa shape index (κ2) is 17.5. The number of carbonyl (C=O) groups excluding carboxylic acids is 1. The van der Waals surface area contributed by atoms with E-state index in [9.17, 15) is 4.79 Å². The van der Waals surface area contributed by atoms with Gasteiger partial charge in [0.25, 0.3) is 0 Å². The molecular weight excluding hydrogens is 358 g/mol. The van der Waals surface area contributed by atoms with Crippen LogP contribution in [-0.2, 0) is 11.2 Å². The van der Waals surface area contributed by atoms with E-state index in [4.69, 9.17) is 11.5 Å². The minimum Gasteiger partial charge on any atom is -0.328 e. The van der Waals surface area contributed by atoms with Gasteiger partial charge in [0.1, 0.15) is 0 Å². The van der Waals surface area contributed by atoms with E-state index in [1.807, 2.05) is 12.1 Å². The molecule has 1 amide bonds. The average molecular weight is 404 g/mol. The van der Waals surface area contributed by atoms with Gasteiger partial charge in [0.2, 0.25) is 5.91 Å². The minimum absolute atomic E-state index is 0.156. The number of benzene rings is 1. The number of unbranched alkanes of at least 4 members (excludes halogenated alkanes) is 13. The first kappa shape index (κ1) is 25.6. The van der Waals surface area contributed by atoms with Crippen molar-refractivity contribution in [1.29, 1.82) is 0 Å². The summed E-state index contributed by atoms with van der Waals surface area (Å²) in [6, 6.07) is 7.42. The molecule has 0 radical (unpaired) electrons. The Balaban J connectivity index is 1.95. The van der Waals surface area contributed by atoms with Crippen LogP contribution >= 0.6 is 0 Å². The van der Waals surface area contributed by atoms with Crippen LogP contribution in [0.2, 0.25) is 0 Å². The van der Waals surface area contributed by atoms with E-state index in [1.165, 1.54) is 95.5 Å². The molecule has 166 valence electrons. The second-order valence-corrected chi connectivity index (χ2v) is 8.37. The molecule has 29 heavy (non-hydrogen) atoms. The van der Waals surface area contributed by atoms with Crippen LogP contribution < -0.4 is 16.8 Å². The highest BCUT2D eigenvalue weighted by molar-refractivity contribution is 5.94. The summed E-state index contributed by atoms with van der Waals surface area (Å²) in [5.74, 6) is -0.229. The van der Waals surface area contributed by atoms with Crippen molar-refractivity contribution in [2.75, 3.05) is 11.9 Å². The highest BCUT2D eigenvalue weighted by atomic mass is 16.2. The fourth-order valence-electron chi connectivity index (χ4n) is 3.62. The fraction of sp³-hybridized carbons (Fsp3) is 0.720. The quantitative estimate of drug-likeness (QED) is 0.265. The number of hydrogen-bond donors (Lipinski definition) is 3. The number of carbonyl (C=O) groups is 1. The molecule has 0 saturated carbocycles. The van der Waals surface area contributed by atoms with Gasteiger partial charge in [-0.3, -0.25) is 4.79 Å². The van der Waals surface area contributed by atoms with E-state index in [1.54, 1.807) is 0 Å². The maximum atomic E-state index is 11.7. The molecule has 0 fully saturated rings. The molecule has 4 heteroatoms. The Bertz CT molecular complexity index is 515. The number of nitrogens with one attached hydrogen (secondary N) is 1. The first-order valence-corrected chi connectivity index (χ1v) is 12.0. The van der Waals surface area contributed by atoms with Crippen LogP contribution in [0.15, 0.2) is 24.3 Å². The predicted octanol–water partition coefficient (Wildman–Crippen LogP) is 5.93. The van der Waals surface area contributed by atoms with Crippen molar-refractivity contribution in [1.82, 2.24) is 0 Å². The second-order valence-electron chi connectivity index (χ2n) is 8.37. The summed E-state index contributed by atoms with van der Waals surface area (Å²) in [5.41, 5.74) is 13.1. The van der Waals surface area contributed by atoms with Crippen molar-refractivity contribution in [3.8, 4) is 0 Å². The highest BCUT2D eigenvalue weighted by Gasteiger charge is 2.10. The lowest BCUT2D eigenvalue weighted by Gasteiger charge is -2.10. The SMILES string of the molecule is CCCCCCCCCCCCCCCCc1ccc(NC(=O)[C@@H](N)CN)cc1. The monoisotopic (exact) mass is 403 g/mol. The van der Waals surface area contributed by atoms with Crippen molar-refractivity contribution in [2.45, 2.75) is 109 Å². The Kier molecular flexibility index (Phi) is 15.4. The topological polar surface area (TPSA) is 81.1 Å². The van der Waals surface area contributed by atoms with Crippen LogP contribution in [0.1, 0.15) is 102 Å². The molecule has 4 nitrogen and oxygen atoms in total. The van der Waals surface area contributed by atoms with Crippen molar-refractivity contribution in [3.63, 3.8) is 0 Å². The molecule has 0 unspecified atom stereocenters. The largest absolute Gasteiger partial charge is 0.328 e. The zero-order valence-electron chi connectivity index (χ0n) is 18.8. The third-order valence-electron chi connectivity index (χ3n) is 5.63. The Hall–Kier alpha value is -1.39. The molecule has 0 aliphatic rings. The van der Waals surface area contributed by atoms with Crippen LogP contribution in [0.5, 0.6) is 0 Å². The van der Waals surface area contributed by atoms with Gasteiger partial charge in [-0.2, -0.15) is 0 Å². The van der Waals surface area contributed by atoms with Gasteiger partial charge in [-0.25, -0.2) is 0 Å². The third kappa shape index (κ3) is 13.5. The molecule has 0 aromatic heterocycles. The van der Waals surface area contributed by atoms with E-state index >= 15 is 0 Å². The fourth-order valence-corrected chi connectivity index (χ4v) is 3.62. The predicted molar refractivity (Wildman–Crippen MR) is 126 cm³/mol. The molecule has 5 N–H and O–H groups in total. The number of anilines is 1. The first-order valence-electron chi connectivity index (χ1n) is 12.0. The van der Waals surface area contributed by atoms with Gasteiger partial charge in [0.05, 0.1) is 6.04 Å². The Morgan fingerprint density at radius 2 is 1.24 bits per heavy atom. The molecule has 0 heterocycles. The maximum absolute atomic E-state index is 11.7. The maximum Gasteiger partial charge on any atom is 0.242 e. The van der Waals surface area contributed by atoms with Crippen molar-refractivity contribution < 1.29 is 4.79 Å². The lowest BCUT2D eigenvalue weighted by atomic mass is 10.0. The summed E-state index contributed by atoms with van der Waals surface area (Å²) in [7, 11) is 0. The molecule has 0 aliphatic heterocycles. The van der Waals surface area contributed by atoms with Crippen molar-refractivity contribution in [2.24, 2.45) is 11.5 Å². The summed E-state index contributed by atoms with van der Waals surface area (Å²) in [5, 5.41) is 2.80. The van der Waals surface area contributed by atoms with E-state index in [-0.39, 0.29) is 12.5 Å². The first-order chi connectivity index (χ1) is 14.2. The lowest BCUT2D eigenvalue weighted by molar-refractivity contribution is -0.117. The van der Waals surface area contributed by atoms with E-state index in [2.05, 4.69) is 24.4 Å². The Labute approximate surface area is 179 Å². The van der Waals surface area contributed by atoms with Crippen molar-refractivity contribution >= 4 is 11.6 Å². The average Bonchev–Trinajstić information content (AvgIpc) is 2.74. The third-order valence-corrected chi connectivity index (χ3v) is 5.63. The summed E-state index contributed by atoms with van der Waals surface area (Å²) in [6.07, 6.45) is 20.5. The zero-order valence-corrected chi connectivity index (χ0v) is 18.8. The molecule has 0 bridgehead atoms. The number of nitrogens with two attached hydrogens (primary N) is 2. The molecule has 1 rings (SSSR count). The molecule has 0 spiro atoms. The van der Waals surface area contributed by atoms with Gasteiger partial charge in [-0.05, 0) is 30.5 Å². The Morgan fingerprint density at radius 3 is 1.69 bits per heavy atom. The van der Waals surface area contributed by atoms with E-state index < -0.39 is 6.04 Å². The summed E-state index contributed by atoms with van der Waals surface area (Å²) >= 11 is 0. The van der Waals surface area contributed by atoms with Crippen LogP contribution in [0, 0.1) is 0 Å². The number of amides is 1. The van der Waals surface area contributed by atoms with Crippen LogP contribution in [0.3, 0.4) is 0 Å². The van der Waals surface area contributed by atoms with Crippen LogP contribution in [0.4, 0.5) is 5.69 Å². The Morgan fingerprint density at radius 1 is 0.793 bits per heavy atom. The summed E-state index contributed by atoms with van der Waals surface area (Å²) in [4.78, 5) is 11.7. The number of hydrogen-bond acceptors (Lipinski definition) is 3. The van der Waals surface area contributed by atoms with Gasteiger partial charge in [0.15, 0.2) is 0 Å². The van der Waals surface area contributed by atoms with Crippen LogP contribution in [0.25, 0.3) is 0 Å². The zero-order chi connectivity index (χ0) is 21.2. The van der Waals surface area contributed by atoms with Crippen LogP contribution in [-0.4, -0.2) is 18.5 Å². The molecule has 1 aromatic rings. The molecule has 0 aliphatic carbocycles. The normalized spacial score (nSPS) is 12.1. The minimum atomic E-state index is -0.648. The number of rotatable bonds is 18. The van der Waals surface area contributed by atoms with Gasteiger partial charge in [-0.1, -0.05) is 103 Å². The van der Waals surface area contributed by atoms with Gasteiger partial charge in [-0.15, -0.1) is 0 Å². The highest BCUT2D eigenvalue weighted by Crippen LogP contribution is 2.15. The van der Waals surface area contributed by atoms with Gasteiger partial charge in [0, 0.05) is 12.2 Å². The molecule has 0 saturated heterocycles. The molecular formula is C25H45N3O.